The van der Waals surface area contributed by atoms with Gasteiger partial charge in [0.15, 0.2) is 11.5 Å². The number of nitrogens with one attached hydrogen (secondary N) is 1. The first-order valence-electron chi connectivity index (χ1n) is 7.93. The Kier molecular flexibility index (Phi) is 5.85. The first-order valence-corrected chi connectivity index (χ1v) is 7.93. The first-order chi connectivity index (χ1) is 11.7. The van der Waals surface area contributed by atoms with E-state index in [0.29, 0.717) is 5.75 Å². The number of carbonyl (C=O) groups excluding carboxylic acids is 1. The molecule has 5 nitrogen and oxygen atoms in total. The monoisotopic (exact) mass is 347 g/mol. The van der Waals surface area contributed by atoms with Crippen molar-refractivity contribution in [3.63, 3.8) is 0 Å². The Morgan fingerprint density at radius 3 is 2.36 bits per heavy atom. The quantitative estimate of drug-likeness (QED) is 0.799. The molecule has 6 heteroatoms. The maximum atomic E-state index is 13.0. The Bertz CT molecular complexity index is 723. The van der Waals surface area contributed by atoms with Gasteiger partial charge in [0.25, 0.3) is 0 Å². The van der Waals surface area contributed by atoms with Crippen molar-refractivity contribution < 1.29 is 23.8 Å². The first kappa shape index (κ1) is 18.6. The highest BCUT2D eigenvalue weighted by atomic mass is 19.1. The molecule has 134 valence electrons. The Hall–Kier alpha value is -2.76. The standard InChI is InChI=1S/C19H22FNO4/c1-19(2,3)25-18(23)21-10-11-24-17-9-6-14(12-16(17)22)13-4-7-15(20)8-5-13/h4-9,12,22H,10-11H2,1-3H3,(H,21,23). The lowest BCUT2D eigenvalue weighted by Crippen LogP contribution is -2.34. The van der Waals surface area contributed by atoms with Crippen molar-refractivity contribution in [1.29, 1.82) is 0 Å². The van der Waals surface area contributed by atoms with E-state index in [4.69, 9.17) is 9.47 Å². The van der Waals surface area contributed by atoms with Gasteiger partial charge < -0.3 is 19.9 Å². The summed E-state index contributed by atoms with van der Waals surface area (Å²) in [4.78, 5) is 11.5. The maximum Gasteiger partial charge on any atom is 0.407 e. The number of halogens is 1. The number of phenolic OH excluding ortho intramolecular Hbond substituents is 1. The number of rotatable bonds is 5. The number of hydrogen-bond acceptors (Lipinski definition) is 4. The van der Waals surface area contributed by atoms with Crippen LogP contribution in [-0.2, 0) is 4.74 Å². The molecule has 0 aromatic heterocycles. The van der Waals surface area contributed by atoms with Crippen LogP contribution in [0.3, 0.4) is 0 Å². The number of ether oxygens (including phenoxy) is 2. The number of amides is 1. The largest absolute Gasteiger partial charge is 0.504 e. The molecule has 0 fully saturated rings. The summed E-state index contributed by atoms with van der Waals surface area (Å²) in [6.07, 6.45) is -0.521. The van der Waals surface area contributed by atoms with E-state index in [1.165, 1.54) is 12.1 Å². The summed E-state index contributed by atoms with van der Waals surface area (Å²) < 4.78 is 23.5. The van der Waals surface area contributed by atoms with E-state index in [0.717, 1.165) is 11.1 Å². The van der Waals surface area contributed by atoms with Gasteiger partial charge in [0.2, 0.25) is 0 Å². The van der Waals surface area contributed by atoms with E-state index in [-0.39, 0.29) is 24.7 Å². The van der Waals surface area contributed by atoms with E-state index in [1.807, 2.05) is 0 Å². The summed E-state index contributed by atoms with van der Waals surface area (Å²) in [5, 5.41) is 12.6. The molecule has 25 heavy (non-hydrogen) atoms. The molecule has 2 aromatic rings. The van der Waals surface area contributed by atoms with Gasteiger partial charge in [0, 0.05) is 0 Å². The second-order valence-electron chi connectivity index (χ2n) is 6.47. The fourth-order valence-electron chi connectivity index (χ4n) is 2.09. The third kappa shape index (κ3) is 5.99. The minimum Gasteiger partial charge on any atom is -0.504 e. The number of hydrogen-bond donors (Lipinski definition) is 2. The van der Waals surface area contributed by atoms with Crippen molar-refractivity contribution in [1.82, 2.24) is 5.32 Å². The Labute approximate surface area is 146 Å². The van der Waals surface area contributed by atoms with Crippen molar-refractivity contribution in [2.45, 2.75) is 26.4 Å². The third-order valence-corrected chi connectivity index (χ3v) is 3.16. The van der Waals surface area contributed by atoms with Crippen molar-refractivity contribution in [3.8, 4) is 22.6 Å². The molecule has 0 radical (unpaired) electrons. The van der Waals surface area contributed by atoms with Gasteiger partial charge in [-0.1, -0.05) is 18.2 Å². The number of alkyl carbamates (subject to hydrolysis) is 1. The molecule has 1 amide bonds. The smallest absolute Gasteiger partial charge is 0.407 e. The van der Waals surface area contributed by atoms with Gasteiger partial charge in [0.05, 0.1) is 6.54 Å². The highest BCUT2D eigenvalue weighted by Gasteiger charge is 2.15. The summed E-state index contributed by atoms with van der Waals surface area (Å²) in [5.41, 5.74) is 0.978. The molecule has 0 spiro atoms. The predicted octanol–water partition coefficient (Wildman–Crippen LogP) is 4.10. The SMILES string of the molecule is CC(C)(C)OC(=O)NCCOc1ccc(-c2ccc(F)cc2)cc1O. The molecular weight excluding hydrogens is 325 g/mol. The molecule has 0 unspecified atom stereocenters. The van der Waals surface area contributed by atoms with Crippen molar-refractivity contribution in [2.24, 2.45) is 0 Å². The topological polar surface area (TPSA) is 67.8 Å². The second-order valence-corrected chi connectivity index (χ2v) is 6.47. The van der Waals surface area contributed by atoms with Crippen LogP contribution >= 0.6 is 0 Å². The van der Waals surface area contributed by atoms with Crippen LogP contribution in [0.5, 0.6) is 11.5 Å². The van der Waals surface area contributed by atoms with Gasteiger partial charge in [-0.25, -0.2) is 9.18 Å². The summed E-state index contributed by atoms with van der Waals surface area (Å²) in [6, 6.07) is 10.9. The van der Waals surface area contributed by atoms with Crippen molar-refractivity contribution in [3.05, 3.63) is 48.3 Å². The van der Waals surface area contributed by atoms with Crippen LogP contribution in [0, 0.1) is 5.82 Å². The molecule has 2 rings (SSSR count). The highest BCUT2D eigenvalue weighted by Crippen LogP contribution is 2.31. The van der Waals surface area contributed by atoms with Crippen LogP contribution in [0.2, 0.25) is 0 Å². The van der Waals surface area contributed by atoms with Gasteiger partial charge in [-0.3, -0.25) is 0 Å². The van der Waals surface area contributed by atoms with Gasteiger partial charge in [-0.2, -0.15) is 0 Å². The number of phenols is 1. The molecule has 0 bridgehead atoms. The van der Waals surface area contributed by atoms with Crippen LogP contribution in [0.15, 0.2) is 42.5 Å². The molecule has 0 atom stereocenters. The normalized spacial score (nSPS) is 11.0. The molecule has 0 aliphatic rings. The van der Waals surface area contributed by atoms with Crippen LogP contribution < -0.4 is 10.1 Å². The van der Waals surface area contributed by atoms with E-state index >= 15 is 0 Å². The van der Waals surface area contributed by atoms with E-state index < -0.39 is 11.7 Å². The number of carbonyl (C=O) groups is 1. The zero-order chi connectivity index (χ0) is 18.4. The van der Waals surface area contributed by atoms with E-state index in [2.05, 4.69) is 5.32 Å². The molecule has 0 aliphatic heterocycles. The lowest BCUT2D eigenvalue weighted by atomic mass is 10.1. The minimum absolute atomic E-state index is 0.0286. The van der Waals surface area contributed by atoms with Gasteiger partial charge in [-0.05, 0) is 56.2 Å². The number of benzene rings is 2. The Morgan fingerprint density at radius 1 is 1.12 bits per heavy atom. The second kappa shape index (κ2) is 7.88. The Morgan fingerprint density at radius 2 is 1.76 bits per heavy atom. The lowest BCUT2D eigenvalue weighted by molar-refractivity contribution is 0.0520. The average molecular weight is 347 g/mol. The zero-order valence-electron chi connectivity index (χ0n) is 14.5. The van der Waals surface area contributed by atoms with Gasteiger partial charge >= 0.3 is 6.09 Å². The summed E-state index contributed by atoms with van der Waals surface area (Å²) >= 11 is 0. The maximum absolute atomic E-state index is 13.0. The predicted molar refractivity (Wildman–Crippen MR) is 93.2 cm³/mol. The Balaban J connectivity index is 1.87. The van der Waals surface area contributed by atoms with Crippen LogP contribution in [0.4, 0.5) is 9.18 Å². The lowest BCUT2D eigenvalue weighted by Gasteiger charge is -2.19. The summed E-state index contributed by atoms with van der Waals surface area (Å²) in [5.74, 6) is -0.0404. The molecule has 0 saturated heterocycles. The molecule has 0 heterocycles. The van der Waals surface area contributed by atoms with Crippen LogP contribution in [-0.4, -0.2) is 30.0 Å². The zero-order valence-corrected chi connectivity index (χ0v) is 14.5. The summed E-state index contributed by atoms with van der Waals surface area (Å²) in [6.45, 7) is 5.77. The fraction of sp³-hybridized carbons (Fsp3) is 0.316. The number of aromatic hydroxyl groups is 1. The molecule has 2 N–H and O–H groups in total. The minimum atomic E-state index is -0.556. The van der Waals surface area contributed by atoms with Gasteiger partial charge in [0.1, 0.15) is 18.0 Å². The van der Waals surface area contributed by atoms with E-state index in [9.17, 15) is 14.3 Å². The third-order valence-electron chi connectivity index (χ3n) is 3.16. The van der Waals surface area contributed by atoms with E-state index in [1.54, 1.807) is 51.1 Å². The van der Waals surface area contributed by atoms with Crippen molar-refractivity contribution >= 4 is 6.09 Å². The summed E-state index contributed by atoms with van der Waals surface area (Å²) in [7, 11) is 0. The molecule has 0 saturated carbocycles. The van der Waals surface area contributed by atoms with Crippen LogP contribution in [0.25, 0.3) is 11.1 Å². The molecule has 0 aliphatic carbocycles. The van der Waals surface area contributed by atoms with Gasteiger partial charge in [-0.15, -0.1) is 0 Å². The molecule has 2 aromatic carbocycles. The van der Waals surface area contributed by atoms with Crippen molar-refractivity contribution in [2.75, 3.05) is 13.2 Å². The highest BCUT2D eigenvalue weighted by molar-refractivity contribution is 5.68. The van der Waals surface area contributed by atoms with Crippen LogP contribution in [0.1, 0.15) is 20.8 Å². The average Bonchev–Trinajstić information content (AvgIpc) is 2.52. The fourth-order valence-corrected chi connectivity index (χ4v) is 2.09. The molecular formula is C19H22FNO4.